The van der Waals surface area contributed by atoms with Gasteiger partial charge in [0.25, 0.3) is 5.56 Å². The number of nitrogen functional groups attached to an aromatic ring is 1. The fraction of sp³-hybridized carbons (Fsp3) is 0.125. The van der Waals surface area contributed by atoms with Gasteiger partial charge in [0.2, 0.25) is 0 Å². The first-order valence-electron chi connectivity index (χ1n) is 3.53. The van der Waals surface area contributed by atoms with Crippen LogP contribution < -0.4 is 11.3 Å². The fourth-order valence-electron chi connectivity index (χ4n) is 1.15. The molecule has 0 saturated carbocycles. The molecule has 0 amide bonds. The number of anilines is 1. The molecule has 2 N–H and O–H groups in total. The maximum Gasteiger partial charge on any atom is 0.259 e. The van der Waals surface area contributed by atoms with Crippen LogP contribution in [-0.2, 0) is 7.05 Å². The van der Waals surface area contributed by atoms with Crippen molar-refractivity contribution in [1.29, 1.82) is 0 Å². The van der Waals surface area contributed by atoms with Crippen LogP contribution >= 0.6 is 23.7 Å². The van der Waals surface area contributed by atoms with Crippen LogP contribution in [0, 0.1) is 0 Å². The Kier molecular flexibility index (Phi) is 2.63. The molecule has 0 aliphatic heterocycles. The fourth-order valence-corrected chi connectivity index (χ4v) is 1.97. The Morgan fingerprint density at radius 1 is 1.54 bits per heavy atom. The van der Waals surface area contributed by atoms with E-state index >= 15 is 0 Å². The van der Waals surface area contributed by atoms with Crippen molar-refractivity contribution in [1.82, 2.24) is 4.57 Å². The summed E-state index contributed by atoms with van der Waals surface area (Å²) in [6.07, 6.45) is 1.75. The average molecular weight is 217 g/mol. The molecule has 0 atom stereocenters. The van der Waals surface area contributed by atoms with E-state index in [9.17, 15) is 4.79 Å². The molecule has 3 nitrogen and oxygen atoms in total. The second kappa shape index (κ2) is 3.40. The molecule has 2 rings (SSSR count). The minimum atomic E-state index is 0. The van der Waals surface area contributed by atoms with Gasteiger partial charge in [-0.1, -0.05) is 0 Å². The molecular weight excluding hydrogens is 208 g/mol. The predicted molar refractivity (Wildman–Crippen MR) is 58.7 cm³/mol. The number of aromatic nitrogens is 1. The molecule has 13 heavy (non-hydrogen) atoms. The number of rotatable bonds is 0. The summed E-state index contributed by atoms with van der Waals surface area (Å²) in [5, 5.41) is 1.40. The molecule has 0 spiro atoms. The SMILES string of the molecule is Cl.Cn1ccc2sc(N)cc2c1=O. The van der Waals surface area contributed by atoms with Crippen LogP contribution in [0.5, 0.6) is 0 Å². The van der Waals surface area contributed by atoms with Crippen molar-refractivity contribution in [3.63, 3.8) is 0 Å². The van der Waals surface area contributed by atoms with Crippen molar-refractivity contribution in [2.45, 2.75) is 0 Å². The lowest BCUT2D eigenvalue weighted by Crippen LogP contribution is -2.14. The number of halogens is 1. The number of thiophene rings is 1. The molecule has 0 bridgehead atoms. The number of aryl methyl sites for hydroxylation is 1. The Bertz CT molecular complexity index is 488. The van der Waals surface area contributed by atoms with E-state index in [1.54, 1.807) is 23.9 Å². The number of fused-ring (bicyclic) bond motifs is 1. The topological polar surface area (TPSA) is 48.0 Å². The summed E-state index contributed by atoms with van der Waals surface area (Å²) in [7, 11) is 1.73. The molecule has 0 unspecified atom stereocenters. The standard InChI is InChI=1S/C8H8N2OS.ClH/c1-10-3-2-6-5(8(10)11)4-7(9)12-6;/h2-4H,9H2,1H3;1H. The summed E-state index contributed by atoms with van der Waals surface area (Å²) < 4.78 is 2.50. The highest BCUT2D eigenvalue weighted by Crippen LogP contribution is 2.23. The van der Waals surface area contributed by atoms with Crippen LogP contribution in [0.25, 0.3) is 10.1 Å². The minimum Gasteiger partial charge on any atom is -0.391 e. The number of hydrogen-bond donors (Lipinski definition) is 1. The summed E-state index contributed by atoms with van der Waals surface area (Å²) in [6.45, 7) is 0. The summed E-state index contributed by atoms with van der Waals surface area (Å²) >= 11 is 1.44. The summed E-state index contributed by atoms with van der Waals surface area (Å²) in [4.78, 5) is 11.5. The first-order chi connectivity index (χ1) is 5.68. The number of nitrogens with two attached hydrogens (primary N) is 1. The Balaban J connectivity index is 0.000000845. The zero-order chi connectivity index (χ0) is 8.72. The highest BCUT2D eigenvalue weighted by atomic mass is 35.5. The van der Waals surface area contributed by atoms with E-state index in [1.165, 1.54) is 11.3 Å². The van der Waals surface area contributed by atoms with Gasteiger partial charge in [-0.05, 0) is 12.1 Å². The highest BCUT2D eigenvalue weighted by Gasteiger charge is 2.02. The zero-order valence-electron chi connectivity index (χ0n) is 6.98. The van der Waals surface area contributed by atoms with Gasteiger partial charge < -0.3 is 10.3 Å². The monoisotopic (exact) mass is 216 g/mol. The molecule has 0 fully saturated rings. The first-order valence-corrected chi connectivity index (χ1v) is 4.35. The molecule has 2 aromatic rings. The largest absolute Gasteiger partial charge is 0.391 e. The highest BCUT2D eigenvalue weighted by molar-refractivity contribution is 7.22. The molecule has 0 aliphatic carbocycles. The summed E-state index contributed by atoms with van der Waals surface area (Å²) in [5.41, 5.74) is 5.59. The second-order valence-corrected chi connectivity index (χ2v) is 3.77. The normalized spacial score (nSPS) is 9.92. The third kappa shape index (κ3) is 1.55. The van der Waals surface area contributed by atoms with Crippen molar-refractivity contribution >= 4 is 38.8 Å². The van der Waals surface area contributed by atoms with Crippen molar-refractivity contribution in [3.8, 4) is 0 Å². The maximum atomic E-state index is 11.5. The van der Waals surface area contributed by atoms with Crippen molar-refractivity contribution in [3.05, 3.63) is 28.7 Å². The molecule has 0 aromatic carbocycles. The molecule has 2 aromatic heterocycles. The van der Waals surface area contributed by atoms with Crippen LogP contribution in [0.2, 0.25) is 0 Å². The van der Waals surface area contributed by atoms with Crippen molar-refractivity contribution < 1.29 is 0 Å². The molecule has 2 heterocycles. The molecule has 0 saturated heterocycles. The molecular formula is C8H9ClN2OS. The lowest BCUT2D eigenvalue weighted by Gasteiger charge is -1.93. The average Bonchev–Trinajstić information content (AvgIpc) is 2.39. The van der Waals surface area contributed by atoms with E-state index in [2.05, 4.69) is 0 Å². The Hall–Kier alpha value is -1.00. The smallest absolute Gasteiger partial charge is 0.259 e. The van der Waals surface area contributed by atoms with Crippen LogP contribution in [-0.4, -0.2) is 4.57 Å². The van der Waals surface area contributed by atoms with Gasteiger partial charge in [-0.2, -0.15) is 0 Å². The van der Waals surface area contributed by atoms with Crippen LogP contribution in [0.4, 0.5) is 5.00 Å². The predicted octanol–water partition coefficient (Wildman–Crippen LogP) is 1.60. The third-order valence-corrected chi connectivity index (χ3v) is 2.71. The Labute approximate surface area is 85.2 Å². The van der Waals surface area contributed by atoms with Gasteiger partial charge in [-0.3, -0.25) is 4.79 Å². The quantitative estimate of drug-likeness (QED) is 0.727. The van der Waals surface area contributed by atoms with Crippen LogP contribution in [0.15, 0.2) is 23.1 Å². The number of nitrogens with zero attached hydrogens (tertiary/aromatic N) is 1. The molecule has 5 heteroatoms. The first kappa shape index (κ1) is 10.1. The van der Waals surface area contributed by atoms with E-state index in [-0.39, 0.29) is 18.0 Å². The molecule has 0 radical (unpaired) electrons. The minimum absolute atomic E-state index is 0. The van der Waals surface area contributed by atoms with Gasteiger partial charge >= 0.3 is 0 Å². The summed E-state index contributed by atoms with van der Waals surface area (Å²) in [6, 6.07) is 3.63. The van der Waals surface area contributed by atoms with E-state index in [4.69, 9.17) is 5.73 Å². The summed E-state index contributed by atoms with van der Waals surface area (Å²) in [5.74, 6) is 0. The maximum absolute atomic E-state index is 11.5. The second-order valence-electron chi connectivity index (χ2n) is 2.66. The lowest BCUT2D eigenvalue weighted by atomic mass is 10.3. The van der Waals surface area contributed by atoms with Crippen LogP contribution in [0.3, 0.4) is 0 Å². The molecule has 70 valence electrons. The van der Waals surface area contributed by atoms with Gasteiger partial charge in [0.15, 0.2) is 0 Å². The van der Waals surface area contributed by atoms with Gasteiger partial charge in [0.05, 0.1) is 10.4 Å². The zero-order valence-corrected chi connectivity index (χ0v) is 8.61. The Morgan fingerprint density at radius 2 is 2.23 bits per heavy atom. The van der Waals surface area contributed by atoms with E-state index in [0.717, 1.165) is 4.70 Å². The van der Waals surface area contributed by atoms with Gasteiger partial charge in [-0.25, -0.2) is 0 Å². The number of pyridine rings is 1. The third-order valence-electron chi connectivity index (χ3n) is 1.78. The lowest BCUT2D eigenvalue weighted by molar-refractivity contribution is 0.874. The van der Waals surface area contributed by atoms with E-state index < -0.39 is 0 Å². The van der Waals surface area contributed by atoms with Gasteiger partial charge in [0, 0.05) is 17.9 Å². The van der Waals surface area contributed by atoms with E-state index in [1.807, 2.05) is 6.07 Å². The van der Waals surface area contributed by atoms with Crippen molar-refractivity contribution in [2.75, 3.05) is 5.73 Å². The van der Waals surface area contributed by atoms with E-state index in [0.29, 0.717) is 10.4 Å². The van der Waals surface area contributed by atoms with Crippen LogP contribution in [0.1, 0.15) is 0 Å². The van der Waals surface area contributed by atoms with Gasteiger partial charge in [0.1, 0.15) is 0 Å². The Morgan fingerprint density at radius 3 is 2.92 bits per heavy atom. The number of hydrogen-bond acceptors (Lipinski definition) is 3. The van der Waals surface area contributed by atoms with Crippen molar-refractivity contribution in [2.24, 2.45) is 7.05 Å². The molecule has 0 aliphatic rings. The van der Waals surface area contributed by atoms with Gasteiger partial charge in [-0.15, -0.1) is 23.7 Å².